The van der Waals surface area contributed by atoms with Crippen LogP contribution < -0.4 is 4.90 Å². The second-order valence-corrected chi connectivity index (χ2v) is 10.4. The number of piperazine rings is 1. The minimum atomic E-state index is -3.75. The Morgan fingerprint density at radius 1 is 1.10 bits per heavy atom. The maximum Gasteiger partial charge on any atom is 0.293 e. The van der Waals surface area contributed by atoms with Crippen molar-refractivity contribution in [3.63, 3.8) is 0 Å². The van der Waals surface area contributed by atoms with Gasteiger partial charge in [0.05, 0.1) is 9.82 Å². The van der Waals surface area contributed by atoms with E-state index in [1.54, 1.807) is 6.07 Å². The fraction of sp³-hybridized carbons (Fsp3) is 0.700. The summed E-state index contributed by atoms with van der Waals surface area (Å²) in [6.07, 6.45) is 2.08. The van der Waals surface area contributed by atoms with Gasteiger partial charge in [0.25, 0.3) is 5.69 Å². The first-order valence-corrected chi connectivity index (χ1v) is 11.9. The second kappa shape index (κ2) is 8.97. The van der Waals surface area contributed by atoms with E-state index in [1.165, 1.54) is 16.4 Å². The summed E-state index contributed by atoms with van der Waals surface area (Å²) < 4.78 is 27.8. The molecule has 3 rings (SSSR count). The number of nitro benzene ring substituents is 1. The predicted octanol–water partition coefficient (Wildman–Crippen LogP) is 2.79. The smallest absolute Gasteiger partial charge is 0.293 e. The minimum Gasteiger partial charge on any atom is -0.363 e. The molecule has 0 radical (unpaired) electrons. The summed E-state index contributed by atoms with van der Waals surface area (Å²) in [6.45, 7) is 11.3. The summed E-state index contributed by atoms with van der Waals surface area (Å²) in [4.78, 5) is 15.6. The molecule has 0 saturated carbocycles. The number of hydrogen-bond acceptors (Lipinski definition) is 6. The summed E-state index contributed by atoms with van der Waals surface area (Å²) in [5, 5.41) is 11.8. The third kappa shape index (κ3) is 4.90. The van der Waals surface area contributed by atoms with Gasteiger partial charge < -0.3 is 4.90 Å². The van der Waals surface area contributed by atoms with Gasteiger partial charge in [0.1, 0.15) is 5.69 Å². The molecule has 0 spiro atoms. The lowest BCUT2D eigenvalue weighted by Crippen LogP contribution is -2.46. The van der Waals surface area contributed by atoms with Crippen molar-refractivity contribution < 1.29 is 13.3 Å². The highest BCUT2D eigenvalue weighted by Gasteiger charge is 2.33. The molecular formula is C20H32N4O4S. The van der Waals surface area contributed by atoms with Gasteiger partial charge in [-0.3, -0.25) is 15.0 Å². The number of anilines is 1. The van der Waals surface area contributed by atoms with E-state index in [4.69, 9.17) is 0 Å². The van der Waals surface area contributed by atoms with Crippen LogP contribution in [0.3, 0.4) is 0 Å². The van der Waals surface area contributed by atoms with Crippen molar-refractivity contribution in [2.75, 3.05) is 50.7 Å². The molecule has 2 saturated heterocycles. The number of hydrogen-bond donors (Lipinski definition) is 0. The highest BCUT2D eigenvalue weighted by Crippen LogP contribution is 2.34. The van der Waals surface area contributed by atoms with E-state index in [0.29, 0.717) is 31.9 Å². The maximum atomic E-state index is 13.1. The molecule has 9 heteroatoms. The summed E-state index contributed by atoms with van der Waals surface area (Å²) >= 11 is 0. The van der Waals surface area contributed by atoms with Crippen LogP contribution in [-0.4, -0.2) is 68.4 Å². The number of nitro groups is 1. The monoisotopic (exact) mass is 424 g/mol. The lowest BCUT2D eigenvalue weighted by atomic mass is 9.94. The Labute approximate surface area is 173 Å². The van der Waals surface area contributed by atoms with Crippen LogP contribution in [0.1, 0.15) is 33.6 Å². The van der Waals surface area contributed by atoms with Crippen LogP contribution in [0, 0.1) is 22.0 Å². The SMILES string of the molecule is CCCN1CCN(c2ccc(S(=O)(=O)N3C[C@H](C)C[C@@H](C)C3)cc2[N+](=O)[O-])CC1. The quantitative estimate of drug-likeness (QED) is 0.515. The van der Waals surface area contributed by atoms with Gasteiger partial charge in [-0.1, -0.05) is 20.8 Å². The Kier molecular flexibility index (Phi) is 6.80. The number of rotatable bonds is 6. The van der Waals surface area contributed by atoms with Gasteiger partial charge in [0.2, 0.25) is 10.0 Å². The molecule has 1 aromatic rings. The van der Waals surface area contributed by atoms with E-state index in [-0.39, 0.29) is 22.4 Å². The number of sulfonamides is 1. The van der Waals surface area contributed by atoms with Crippen LogP contribution >= 0.6 is 0 Å². The van der Waals surface area contributed by atoms with Gasteiger partial charge in [0, 0.05) is 45.3 Å². The average molecular weight is 425 g/mol. The Balaban J connectivity index is 1.85. The lowest BCUT2D eigenvalue weighted by Gasteiger charge is -2.36. The van der Waals surface area contributed by atoms with Crippen LogP contribution in [0.2, 0.25) is 0 Å². The molecule has 162 valence electrons. The Hall–Kier alpha value is -1.71. The summed E-state index contributed by atoms with van der Waals surface area (Å²) in [6, 6.07) is 4.38. The number of nitrogens with zero attached hydrogens (tertiary/aromatic N) is 4. The Morgan fingerprint density at radius 3 is 2.28 bits per heavy atom. The molecule has 0 unspecified atom stereocenters. The normalized spacial score (nSPS) is 24.6. The van der Waals surface area contributed by atoms with E-state index < -0.39 is 14.9 Å². The van der Waals surface area contributed by atoms with E-state index in [0.717, 1.165) is 32.5 Å². The average Bonchev–Trinajstić information content (AvgIpc) is 2.67. The van der Waals surface area contributed by atoms with Crippen molar-refractivity contribution in [3.8, 4) is 0 Å². The van der Waals surface area contributed by atoms with Gasteiger partial charge in [-0.2, -0.15) is 4.31 Å². The standard InChI is InChI=1S/C20H32N4O4S/c1-4-7-21-8-10-22(11-9-21)19-6-5-18(13-20(19)24(25)26)29(27,28)23-14-16(2)12-17(3)15-23/h5-6,13,16-17H,4,7-12,14-15H2,1-3H3/t16-,17-/m1/s1. The molecule has 2 atom stereocenters. The van der Waals surface area contributed by atoms with Crippen molar-refractivity contribution in [1.29, 1.82) is 0 Å². The summed E-state index contributed by atoms with van der Waals surface area (Å²) in [7, 11) is -3.75. The van der Waals surface area contributed by atoms with Crippen LogP contribution in [0.4, 0.5) is 11.4 Å². The first-order chi connectivity index (χ1) is 13.7. The zero-order chi connectivity index (χ0) is 21.2. The fourth-order valence-corrected chi connectivity index (χ4v) is 6.26. The van der Waals surface area contributed by atoms with Gasteiger partial charge in [-0.15, -0.1) is 0 Å². The van der Waals surface area contributed by atoms with Crippen molar-refractivity contribution >= 4 is 21.4 Å². The predicted molar refractivity (Wildman–Crippen MR) is 114 cm³/mol. The molecule has 8 nitrogen and oxygen atoms in total. The molecule has 0 aliphatic carbocycles. The Morgan fingerprint density at radius 2 is 1.72 bits per heavy atom. The van der Waals surface area contributed by atoms with Crippen LogP contribution in [0.25, 0.3) is 0 Å². The molecule has 0 aromatic heterocycles. The number of benzene rings is 1. The second-order valence-electron chi connectivity index (χ2n) is 8.50. The third-order valence-corrected chi connectivity index (χ3v) is 7.70. The molecule has 0 amide bonds. The minimum absolute atomic E-state index is 0.0128. The molecule has 0 N–H and O–H groups in total. The van der Waals surface area contributed by atoms with Crippen LogP contribution in [0.5, 0.6) is 0 Å². The first kappa shape index (κ1) is 22.0. The van der Waals surface area contributed by atoms with Crippen LogP contribution in [0.15, 0.2) is 23.1 Å². The van der Waals surface area contributed by atoms with Crippen molar-refractivity contribution in [2.45, 2.75) is 38.5 Å². The molecule has 2 fully saturated rings. The molecule has 0 bridgehead atoms. The topological polar surface area (TPSA) is 87.0 Å². The van der Waals surface area contributed by atoms with E-state index in [1.807, 2.05) is 18.7 Å². The highest BCUT2D eigenvalue weighted by molar-refractivity contribution is 7.89. The lowest BCUT2D eigenvalue weighted by molar-refractivity contribution is -0.384. The fourth-order valence-electron chi connectivity index (χ4n) is 4.56. The van der Waals surface area contributed by atoms with E-state index >= 15 is 0 Å². The zero-order valence-corrected chi connectivity index (χ0v) is 18.4. The van der Waals surface area contributed by atoms with Gasteiger partial charge in [0.15, 0.2) is 0 Å². The Bertz CT molecular complexity index is 827. The van der Waals surface area contributed by atoms with Gasteiger partial charge in [-0.05, 0) is 43.4 Å². The summed E-state index contributed by atoms with van der Waals surface area (Å²) in [5.74, 6) is 0.560. The van der Waals surface area contributed by atoms with Crippen molar-refractivity contribution in [2.24, 2.45) is 11.8 Å². The molecule has 2 aliphatic rings. The first-order valence-electron chi connectivity index (χ1n) is 10.5. The van der Waals surface area contributed by atoms with E-state index in [2.05, 4.69) is 11.8 Å². The third-order valence-electron chi connectivity index (χ3n) is 5.87. The van der Waals surface area contributed by atoms with Crippen molar-refractivity contribution in [1.82, 2.24) is 9.21 Å². The van der Waals surface area contributed by atoms with Gasteiger partial charge >= 0.3 is 0 Å². The summed E-state index contributed by atoms with van der Waals surface area (Å²) in [5.41, 5.74) is 0.374. The largest absolute Gasteiger partial charge is 0.363 e. The molecule has 29 heavy (non-hydrogen) atoms. The molecule has 1 aromatic carbocycles. The molecular weight excluding hydrogens is 392 g/mol. The maximum absolute atomic E-state index is 13.1. The van der Waals surface area contributed by atoms with E-state index in [9.17, 15) is 18.5 Å². The highest BCUT2D eigenvalue weighted by atomic mass is 32.2. The van der Waals surface area contributed by atoms with Crippen molar-refractivity contribution in [3.05, 3.63) is 28.3 Å². The molecule has 2 heterocycles. The zero-order valence-electron chi connectivity index (χ0n) is 17.6. The number of piperidine rings is 1. The molecule has 2 aliphatic heterocycles. The van der Waals surface area contributed by atoms with Crippen LogP contribution in [-0.2, 0) is 10.0 Å². The van der Waals surface area contributed by atoms with Gasteiger partial charge in [-0.25, -0.2) is 8.42 Å².